The van der Waals surface area contributed by atoms with Crippen molar-refractivity contribution in [3.8, 4) is 28.8 Å². The number of nitrogens with one attached hydrogen (secondary N) is 1. The lowest BCUT2D eigenvalue weighted by Gasteiger charge is -2.38. The summed E-state index contributed by atoms with van der Waals surface area (Å²) in [4.78, 5) is 11.7. The maximum Gasteiger partial charge on any atom is 0.257 e. The monoisotopic (exact) mass is 673 g/mol. The van der Waals surface area contributed by atoms with Gasteiger partial charge >= 0.3 is 0 Å². The first-order valence-electron chi connectivity index (χ1n) is 16.7. The molecule has 1 aromatic carbocycles. The fraction of sp³-hybridized carbons (Fsp3) is 0.545. The van der Waals surface area contributed by atoms with Gasteiger partial charge in [-0.1, -0.05) is 6.07 Å². The molecular formula is C33H43N11O5. The topological polar surface area (TPSA) is 172 Å². The number of benzene rings is 1. The lowest BCUT2D eigenvalue weighted by Crippen LogP contribution is -2.45. The zero-order valence-electron chi connectivity index (χ0n) is 28.0. The molecule has 0 amide bonds. The highest BCUT2D eigenvalue weighted by Gasteiger charge is 2.29. The van der Waals surface area contributed by atoms with Gasteiger partial charge in [-0.15, -0.1) is 10.2 Å². The number of tetrazole rings is 1. The van der Waals surface area contributed by atoms with Gasteiger partial charge in [-0.05, 0) is 60.7 Å². The number of hydrogen-bond donors (Lipinski definition) is 1. The number of rotatable bonds is 16. The number of morpholine rings is 1. The smallest absolute Gasteiger partial charge is 0.257 e. The number of methoxy groups -OCH3 is 1. The van der Waals surface area contributed by atoms with E-state index in [2.05, 4.69) is 41.8 Å². The molecule has 6 rings (SSSR count). The highest BCUT2D eigenvalue weighted by molar-refractivity contribution is 5.67. The van der Waals surface area contributed by atoms with Gasteiger partial charge in [-0.3, -0.25) is 9.58 Å². The largest absolute Gasteiger partial charge is 0.487 e. The van der Waals surface area contributed by atoms with Gasteiger partial charge in [0.05, 0.1) is 57.4 Å². The molecule has 2 fully saturated rings. The summed E-state index contributed by atoms with van der Waals surface area (Å²) in [6.45, 7) is 7.77. The van der Waals surface area contributed by atoms with E-state index >= 15 is 0 Å². The van der Waals surface area contributed by atoms with Crippen LogP contribution in [0.1, 0.15) is 44.2 Å². The molecule has 1 N–H and O–H groups in total. The van der Waals surface area contributed by atoms with Crippen LogP contribution in [0.5, 0.6) is 11.6 Å². The third-order valence-corrected chi connectivity index (χ3v) is 8.70. The molecule has 16 nitrogen and oxygen atoms in total. The Morgan fingerprint density at radius 1 is 1.02 bits per heavy atom. The van der Waals surface area contributed by atoms with Gasteiger partial charge in [0.15, 0.2) is 0 Å². The van der Waals surface area contributed by atoms with Crippen molar-refractivity contribution in [1.82, 2.24) is 44.9 Å². The number of hydrogen-bond acceptors (Lipinski definition) is 14. The van der Waals surface area contributed by atoms with Crippen LogP contribution in [-0.4, -0.2) is 117 Å². The van der Waals surface area contributed by atoms with Gasteiger partial charge in [-0.25, -0.2) is 14.6 Å². The summed E-state index contributed by atoms with van der Waals surface area (Å²) in [6, 6.07) is 8.47. The number of anilines is 2. The van der Waals surface area contributed by atoms with Crippen molar-refractivity contribution in [3.63, 3.8) is 0 Å². The summed E-state index contributed by atoms with van der Waals surface area (Å²) in [7, 11) is 1.64. The number of nitrogens with zero attached hydrogens (tertiary/aromatic N) is 10. The minimum absolute atomic E-state index is 0.275. The van der Waals surface area contributed by atoms with E-state index in [1.165, 1.54) is 6.33 Å². The Hall–Kier alpha value is -4.69. The second kappa shape index (κ2) is 17.1. The normalized spacial score (nSPS) is 18.9. The maximum absolute atomic E-state index is 9.67. The van der Waals surface area contributed by atoms with Gasteiger partial charge in [0.2, 0.25) is 5.95 Å². The van der Waals surface area contributed by atoms with E-state index in [-0.39, 0.29) is 12.1 Å². The number of ether oxygens (including phenoxy) is 5. The number of aromatic nitrogens is 8. The Balaban J connectivity index is 1.12. The standard InChI is InChI=1S/C33H43N11O5/c1-24(21-43-23-37-40-41-43)49-31-17-25(3-4-26(31)18-34)27-19-35-33(36-20-27)38-30-22-44(39-32(30)48-16-15-47-14-13-45-2)29-7-5-28(6-8-29)42-9-11-46-12-10-42/h3-4,17,19-20,22-24,28-29H,5-16,21H2,1-2H3,(H,35,36,38)/t24-,28-,29-/m0/s1. The second-order valence-electron chi connectivity index (χ2n) is 12.1. The third-order valence-electron chi connectivity index (χ3n) is 8.70. The Morgan fingerprint density at radius 3 is 2.53 bits per heavy atom. The Bertz CT molecular complexity index is 1630. The summed E-state index contributed by atoms with van der Waals surface area (Å²) in [5, 5.41) is 29.0. The molecule has 1 aliphatic carbocycles. The van der Waals surface area contributed by atoms with Crippen molar-refractivity contribution in [1.29, 1.82) is 5.26 Å². The first-order chi connectivity index (χ1) is 24.1. The molecule has 0 unspecified atom stereocenters. The zero-order valence-corrected chi connectivity index (χ0v) is 28.0. The lowest BCUT2D eigenvalue weighted by atomic mass is 9.90. The quantitative estimate of drug-likeness (QED) is 0.172. The van der Waals surface area contributed by atoms with Crippen LogP contribution in [0.4, 0.5) is 11.6 Å². The summed E-state index contributed by atoms with van der Waals surface area (Å²) >= 11 is 0. The predicted molar refractivity (Wildman–Crippen MR) is 177 cm³/mol. The summed E-state index contributed by atoms with van der Waals surface area (Å²) in [6.07, 6.45) is 11.0. The zero-order chi connectivity index (χ0) is 33.8. The average Bonchev–Trinajstić information content (AvgIpc) is 3.80. The molecule has 4 heterocycles. The molecule has 16 heteroatoms. The second-order valence-corrected chi connectivity index (χ2v) is 12.1. The van der Waals surface area contributed by atoms with Crippen molar-refractivity contribution >= 4 is 11.6 Å². The summed E-state index contributed by atoms with van der Waals surface area (Å²) in [5.74, 6) is 1.34. The van der Waals surface area contributed by atoms with Gasteiger partial charge in [0.1, 0.15) is 36.5 Å². The molecule has 1 saturated carbocycles. The van der Waals surface area contributed by atoms with Crippen LogP contribution >= 0.6 is 0 Å². The van der Waals surface area contributed by atoms with Crippen LogP contribution in [0.2, 0.25) is 0 Å². The molecule has 0 bridgehead atoms. The molecule has 1 atom stereocenters. The van der Waals surface area contributed by atoms with Crippen LogP contribution in [0.15, 0.2) is 43.1 Å². The van der Waals surface area contributed by atoms with E-state index in [0.29, 0.717) is 67.8 Å². The maximum atomic E-state index is 9.67. The van der Waals surface area contributed by atoms with Gasteiger partial charge in [-0.2, -0.15) is 5.26 Å². The van der Waals surface area contributed by atoms with Crippen LogP contribution in [0.25, 0.3) is 11.1 Å². The molecule has 0 radical (unpaired) electrons. The van der Waals surface area contributed by atoms with Crippen molar-refractivity contribution in [2.45, 2.75) is 57.3 Å². The first kappa shape index (κ1) is 34.2. The summed E-state index contributed by atoms with van der Waals surface area (Å²) < 4.78 is 32.0. The fourth-order valence-electron chi connectivity index (χ4n) is 6.16. The van der Waals surface area contributed by atoms with Crippen LogP contribution in [-0.2, 0) is 20.8 Å². The number of nitriles is 1. The Kier molecular flexibility index (Phi) is 11.9. The van der Waals surface area contributed by atoms with Gasteiger partial charge in [0, 0.05) is 44.2 Å². The predicted octanol–water partition coefficient (Wildman–Crippen LogP) is 3.27. The molecule has 0 spiro atoms. The van der Waals surface area contributed by atoms with E-state index in [1.54, 1.807) is 30.3 Å². The van der Waals surface area contributed by atoms with Crippen molar-refractivity contribution in [2.75, 3.05) is 65.2 Å². The Labute approximate surface area is 285 Å². The van der Waals surface area contributed by atoms with E-state index in [1.807, 2.05) is 29.9 Å². The van der Waals surface area contributed by atoms with E-state index in [0.717, 1.165) is 63.1 Å². The van der Waals surface area contributed by atoms with E-state index < -0.39 is 0 Å². The van der Waals surface area contributed by atoms with E-state index in [9.17, 15) is 5.26 Å². The lowest BCUT2D eigenvalue weighted by molar-refractivity contribution is 0.00501. The van der Waals surface area contributed by atoms with Crippen molar-refractivity contribution < 1.29 is 23.7 Å². The molecule has 1 saturated heterocycles. The highest BCUT2D eigenvalue weighted by atomic mass is 16.5. The first-order valence-corrected chi connectivity index (χ1v) is 16.7. The molecule has 260 valence electrons. The summed E-state index contributed by atoms with van der Waals surface area (Å²) in [5.41, 5.74) is 2.69. The van der Waals surface area contributed by atoms with Gasteiger partial charge < -0.3 is 29.0 Å². The van der Waals surface area contributed by atoms with Crippen molar-refractivity contribution in [2.24, 2.45) is 0 Å². The Morgan fingerprint density at radius 2 is 1.80 bits per heavy atom. The van der Waals surface area contributed by atoms with Crippen LogP contribution in [0, 0.1) is 11.3 Å². The van der Waals surface area contributed by atoms with Crippen molar-refractivity contribution in [3.05, 3.63) is 48.7 Å². The molecule has 49 heavy (non-hydrogen) atoms. The third kappa shape index (κ3) is 9.27. The van der Waals surface area contributed by atoms with E-state index in [4.69, 9.17) is 28.8 Å². The minimum Gasteiger partial charge on any atom is -0.487 e. The average molecular weight is 674 g/mol. The minimum atomic E-state index is -0.275. The molecular weight excluding hydrogens is 630 g/mol. The SMILES string of the molecule is COCCOCCOc1nn([C@H]2CC[C@H](N3CCOCC3)CC2)cc1Nc1ncc(-c2ccc(C#N)c(O[C@@H](C)Cn3cnnn3)c2)cn1. The molecule has 2 aliphatic rings. The van der Waals surface area contributed by atoms with Gasteiger partial charge in [0.25, 0.3) is 5.88 Å². The van der Waals surface area contributed by atoms with Crippen LogP contribution < -0.4 is 14.8 Å². The van der Waals surface area contributed by atoms with Crippen LogP contribution in [0.3, 0.4) is 0 Å². The fourth-order valence-corrected chi connectivity index (χ4v) is 6.16. The molecule has 1 aliphatic heterocycles. The highest BCUT2D eigenvalue weighted by Crippen LogP contribution is 2.35. The molecule has 3 aromatic heterocycles. The molecule has 4 aromatic rings.